The molecule has 2 N–H and O–H groups in total. The first-order valence-corrected chi connectivity index (χ1v) is 14.7. The van der Waals surface area contributed by atoms with E-state index in [1.165, 1.54) is 12.1 Å². The van der Waals surface area contributed by atoms with Gasteiger partial charge in [0.1, 0.15) is 23.7 Å². The number of hydrogen-bond acceptors (Lipinski definition) is 8. The second-order valence-electron chi connectivity index (χ2n) is 10.8. The number of carbonyl (C=O) groups is 1. The fourth-order valence-corrected chi connectivity index (χ4v) is 4.95. The van der Waals surface area contributed by atoms with Gasteiger partial charge in [0, 0.05) is 35.6 Å². The van der Waals surface area contributed by atoms with Gasteiger partial charge in [-0.25, -0.2) is 23.7 Å². The minimum atomic E-state index is -1.14. The molecular formula is C35H31F2N7O3. The molecule has 0 saturated carbocycles. The zero-order valence-corrected chi connectivity index (χ0v) is 25.9. The maximum absolute atomic E-state index is 14.3. The van der Waals surface area contributed by atoms with E-state index in [2.05, 4.69) is 15.6 Å². The van der Waals surface area contributed by atoms with E-state index in [0.717, 1.165) is 18.3 Å². The summed E-state index contributed by atoms with van der Waals surface area (Å²) in [5, 5.41) is 5.70. The second-order valence-corrected chi connectivity index (χ2v) is 10.8. The van der Waals surface area contributed by atoms with Crippen molar-refractivity contribution in [2.45, 2.75) is 0 Å². The lowest BCUT2D eigenvalue weighted by Gasteiger charge is -2.13. The van der Waals surface area contributed by atoms with Crippen LogP contribution in [0.15, 0.2) is 97.2 Å². The van der Waals surface area contributed by atoms with Gasteiger partial charge in [0.2, 0.25) is 5.95 Å². The van der Waals surface area contributed by atoms with Crippen LogP contribution in [0.1, 0.15) is 10.4 Å². The molecule has 0 bridgehead atoms. The zero-order valence-electron chi connectivity index (χ0n) is 25.9. The number of fused-ring (bicyclic) bond motifs is 1. The minimum absolute atomic E-state index is 0.221. The molecule has 12 heteroatoms. The topological polar surface area (TPSA) is 106 Å². The number of ether oxygens (including phenoxy) is 2. The molecule has 6 aromatic rings. The molecule has 0 aliphatic carbocycles. The average molecular weight is 636 g/mol. The highest BCUT2D eigenvalue weighted by Gasteiger charge is 2.21. The summed E-state index contributed by atoms with van der Waals surface area (Å²) in [4.78, 5) is 29.3. The van der Waals surface area contributed by atoms with Crippen LogP contribution in [0.3, 0.4) is 0 Å². The molecule has 3 aromatic carbocycles. The molecule has 0 saturated heterocycles. The van der Waals surface area contributed by atoms with Crippen molar-refractivity contribution in [2.75, 3.05) is 45.0 Å². The summed E-state index contributed by atoms with van der Waals surface area (Å²) in [7, 11) is 5.54. The monoisotopic (exact) mass is 635 g/mol. The van der Waals surface area contributed by atoms with Crippen LogP contribution in [0.4, 0.5) is 26.1 Å². The number of likely N-dealkylation sites (N-methyl/N-ethyl adjacent to an activating group) is 1. The van der Waals surface area contributed by atoms with E-state index in [9.17, 15) is 13.6 Å². The summed E-state index contributed by atoms with van der Waals surface area (Å²) < 4.78 is 41.4. The Labute approximate surface area is 269 Å². The lowest BCUT2D eigenvalue weighted by Crippen LogP contribution is -2.19. The second kappa shape index (κ2) is 13.6. The normalized spacial score (nSPS) is 11.1. The molecule has 1 amide bonds. The van der Waals surface area contributed by atoms with Crippen molar-refractivity contribution in [2.24, 2.45) is 0 Å². The molecular weight excluding hydrogens is 604 g/mol. The molecule has 0 atom stereocenters. The van der Waals surface area contributed by atoms with Crippen molar-refractivity contribution in [1.29, 1.82) is 0 Å². The Morgan fingerprint density at radius 1 is 0.936 bits per heavy atom. The van der Waals surface area contributed by atoms with Gasteiger partial charge in [-0.3, -0.25) is 9.20 Å². The Bertz CT molecular complexity index is 2070. The number of carbonyl (C=O) groups excluding carboxylic acids is 1. The molecule has 3 aromatic heterocycles. The lowest BCUT2D eigenvalue weighted by molar-refractivity contribution is 0.102. The summed E-state index contributed by atoms with van der Waals surface area (Å²) in [5.74, 6) is -1.23. The first kappa shape index (κ1) is 31.1. The lowest BCUT2D eigenvalue weighted by atomic mass is 10.0. The molecule has 0 unspecified atom stereocenters. The van der Waals surface area contributed by atoms with Crippen LogP contribution in [0.2, 0.25) is 0 Å². The largest absolute Gasteiger partial charge is 0.492 e. The number of nitrogens with zero attached hydrogens (tertiary/aromatic N) is 5. The van der Waals surface area contributed by atoms with Crippen molar-refractivity contribution in [3.63, 3.8) is 0 Å². The molecule has 0 fully saturated rings. The maximum Gasteiger partial charge on any atom is 0.255 e. The van der Waals surface area contributed by atoms with E-state index >= 15 is 0 Å². The Kier molecular flexibility index (Phi) is 9.02. The van der Waals surface area contributed by atoms with Crippen LogP contribution < -0.4 is 20.1 Å². The predicted octanol–water partition coefficient (Wildman–Crippen LogP) is 6.68. The molecule has 0 aliphatic rings. The number of anilines is 3. The standard InChI is InChI=1S/C35H31F2N7O3/c1-43(2)18-19-47-25-11-5-10-24(21-25)39-35-38-17-16-28(41-35)33-32(42-29-14-7-15-30(46-3)44(29)33)22-8-4-9-23(20-22)34(45)40-27-13-6-12-26(36)31(27)37/h4-17,20-21H,18-19H2,1-3H3,(H,40,45)(H,38,39,41). The third-order valence-electron chi connectivity index (χ3n) is 7.21. The zero-order chi connectivity index (χ0) is 32.9. The van der Waals surface area contributed by atoms with Crippen LogP contribution in [0.25, 0.3) is 28.3 Å². The van der Waals surface area contributed by atoms with Crippen LogP contribution in [0, 0.1) is 11.6 Å². The summed E-state index contributed by atoms with van der Waals surface area (Å²) in [6.07, 6.45) is 1.64. The minimum Gasteiger partial charge on any atom is -0.492 e. The third kappa shape index (κ3) is 6.87. The van der Waals surface area contributed by atoms with Crippen molar-refractivity contribution in [3.8, 4) is 34.3 Å². The van der Waals surface area contributed by atoms with E-state index in [1.807, 2.05) is 65.9 Å². The number of amides is 1. The van der Waals surface area contributed by atoms with Crippen molar-refractivity contribution < 1.29 is 23.0 Å². The first-order chi connectivity index (χ1) is 22.8. The summed E-state index contributed by atoms with van der Waals surface area (Å²) in [5.41, 5.74) is 3.53. The predicted molar refractivity (Wildman–Crippen MR) is 176 cm³/mol. The first-order valence-electron chi connectivity index (χ1n) is 14.7. The van der Waals surface area contributed by atoms with E-state index in [-0.39, 0.29) is 11.3 Å². The number of benzene rings is 3. The Balaban J connectivity index is 1.36. The SMILES string of the molecule is COc1cccc2nc(-c3cccc(C(=O)Nc4cccc(F)c4F)c3)c(-c3ccnc(Nc4cccc(OCCN(C)C)c4)n3)n12. The number of aromatic nitrogens is 4. The van der Waals surface area contributed by atoms with Gasteiger partial charge in [-0.1, -0.05) is 30.3 Å². The number of nitrogens with one attached hydrogen (secondary N) is 2. The van der Waals surface area contributed by atoms with Crippen LogP contribution >= 0.6 is 0 Å². The van der Waals surface area contributed by atoms with Crippen LogP contribution in [-0.2, 0) is 0 Å². The van der Waals surface area contributed by atoms with E-state index in [1.54, 1.807) is 43.6 Å². The van der Waals surface area contributed by atoms with Crippen LogP contribution in [0.5, 0.6) is 11.6 Å². The highest BCUT2D eigenvalue weighted by atomic mass is 19.2. The highest BCUT2D eigenvalue weighted by molar-refractivity contribution is 6.05. The fourth-order valence-electron chi connectivity index (χ4n) is 4.95. The van der Waals surface area contributed by atoms with Crippen molar-refractivity contribution >= 4 is 28.9 Å². The van der Waals surface area contributed by atoms with E-state index in [0.29, 0.717) is 52.5 Å². The third-order valence-corrected chi connectivity index (χ3v) is 7.21. The van der Waals surface area contributed by atoms with Gasteiger partial charge in [0.25, 0.3) is 5.91 Å². The van der Waals surface area contributed by atoms with Gasteiger partial charge in [-0.15, -0.1) is 0 Å². The van der Waals surface area contributed by atoms with E-state index < -0.39 is 17.5 Å². The van der Waals surface area contributed by atoms with Gasteiger partial charge in [-0.05, 0) is 68.7 Å². The van der Waals surface area contributed by atoms with Gasteiger partial charge in [0.15, 0.2) is 17.5 Å². The van der Waals surface area contributed by atoms with Crippen molar-refractivity contribution in [1.82, 2.24) is 24.3 Å². The molecule has 10 nitrogen and oxygen atoms in total. The smallest absolute Gasteiger partial charge is 0.255 e. The fraction of sp³-hybridized carbons (Fsp3) is 0.143. The Morgan fingerprint density at radius 3 is 2.57 bits per heavy atom. The van der Waals surface area contributed by atoms with Gasteiger partial charge >= 0.3 is 0 Å². The van der Waals surface area contributed by atoms with Gasteiger partial charge in [-0.2, -0.15) is 0 Å². The molecule has 238 valence electrons. The van der Waals surface area contributed by atoms with Crippen LogP contribution in [-0.4, -0.2) is 64.5 Å². The molecule has 47 heavy (non-hydrogen) atoms. The summed E-state index contributed by atoms with van der Waals surface area (Å²) in [6.45, 7) is 1.33. The summed E-state index contributed by atoms with van der Waals surface area (Å²) in [6, 6.07) is 25.1. The number of rotatable bonds is 11. The molecule has 0 spiro atoms. The van der Waals surface area contributed by atoms with Gasteiger partial charge < -0.3 is 25.0 Å². The molecule has 6 rings (SSSR count). The highest BCUT2D eigenvalue weighted by Crippen LogP contribution is 2.35. The summed E-state index contributed by atoms with van der Waals surface area (Å²) >= 11 is 0. The Morgan fingerprint density at radius 2 is 1.74 bits per heavy atom. The number of hydrogen-bond donors (Lipinski definition) is 2. The molecule has 0 aliphatic heterocycles. The quantitative estimate of drug-likeness (QED) is 0.162. The molecule has 0 radical (unpaired) electrons. The number of methoxy groups -OCH3 is 1. The average Bonchev–Trinajstić information content (AvgIpc) is 3.47. The number of imidazole rings is 1. The molecule has 3 heterocycles. The number of halogens is 2. The number of pyridine rings is 1. The van der Waals surface area contributed by atoms with E-state index in [4.69, 9.17) is 19.4 Å². The van der Waals surface area contributed by atoms with Gasteiger partial charge in [0.05, 0.1) is 24.2 Å². The Hall–Kier alpha value is -5.88. The maximum atomic E-state index is 14.3. The van der Waals surface area contributed by atoms with Crippen molar-refractivity contribution in [3.05, 3.63) is 114 Å².